The highest BCUT2D eigenvalue weighted by molar-refractivity contribution is 6.58. The number of halogens is 2. The maximum Gasteiger partial charge on any atom is 0.488 e. The zero-order valence-electron chi connectivity index (χ0n) is 9.55. The average molecular weight is 258 g/mol. The summed E-state index contributed by atoms with van der Waals surface area (Å²) >= 11 is 0. The molecule has 98 valence electrons. The molecule has 1 aliphatic rings. The Morgan fingerprint density at radius 2 is 2.00 bits per heavy atom. The summed E-state index contributed by atoms with van der Waals surface area (Å²) in [5.41, 5.74) is 0.169. The van der Waals surface area contributed by atoms with E-state index >= 15 is 0 Å². The number of benzene rings is 1. The van der Waals surface area contributed by atoms with E-state index in [2.05, 4.69) is 4.74 Å². The van der Waals surface area contributed by atoms with Crippen LogP contribution in [0.5, 0.6) is 11.5 Å². The van der Waals surface area contributed by atoms with E-state index in [1.54, 1.807) is 0 Å². The summed E-state index contributed by atoms with van der Waals surface area (Å²) in [5.74, 6) is 0.454. The quantitative estimate of drug-likeness (QED) is 0.739. The van der Waals surface area contributed by atoms with E-state index in [0.29, 0.717) is 12.5 Å². The highest BCUT2D eigenvalue weighted by Gasteiger charge is 2.23. The normalized spacial score (nSPS) is 14.7. The minimum atomic E-state index is -2.95. The maximum atomic E-state index is 12.2. The van der Waals surface area contributed by atoms with Crippen molar-refractivity contribution >= 4 is 12.6 Å². The molecule has 7 heteroatoms. The predicted molar refractivity (Wildman–Crippen MR) is 61.1 cm³/mol. The lowest BCUT2D eigenvalue weighted by molar-refractivity contribution is -0.0515. The first kappa shape index (κ1) is 13.1. The van der Waals surface area contributed by atoms with Gasteiger partial charge in [-0.15, -0.1) is 0 Å². The van der Waals surface area contributed by atoms with Gasteiger partial charge in [0.05, 0.1) is 6.61 Å². The third-order valence-corrected chi connectivity index (χ3v) is 2.65. The third-order valence-electron chi connectivity index (χ3n) is 2.65. The van der Waals surface area contributed by atoms with Gasteiger partial charge in [-0.2, -0.15) is 8.78 Å². The van der Waals surface area contributed by atoms with E-state index in [0.717, 1.165) is 12.8 Å². The summed E-state index contributed by atoms with van der Waals surface area (Å²) in [5, 5.41) is 18.0. The summed E-state index contributed by atoms with van der Waals surface area (Å²) in [7, 11) is -1.67. The van der Waals surface area contributed by atoms with Gasteiger partial charge in [-0.25, -0.2) is 0 Å². The van der Waals surface area contributed by atoms with Gasteiger partial charge in [-0.1, -0.05) is 6.07 Å². The fraction of sp³-hybridized carbons (Fsp3) is 0.455. The molecule has 0 atom stereocenters. The summed E-state index contributed by atoms with van der Waals surface area (Å²) in [6.45, 7) is -2.52. The molecule has 18 heavy (non-hydrogen) atoms. The van der Waals surface area contributed by atoms with Crippen LogP contribution in [-0.2, 0) is 0 Å². The molecule has 2 rings (SSSR count). The van der Waals surface area contributed by atoms with Crippen molar-refractivity contribution in [2.24, 2.45) is 5.92 Å². The van der Waals surface area contributed by atoms with Crippen LogP contribution in [0.3, 0.4) is 0 Å². The molecule has 1 saturated carbocycles. The Hall–Kier alpha value is -1.34. The third kappa shape index (κ3) is 3.58. The van der Waals surface area contributed by atoms with Crippen LogP contribution >= 0.6 is 0 Å². The Kier molecular flexibility index (Phi) is 4.03. The molecule has 0 bridgehead atoms. The van der Waals surface area contributed by atoms with E-state index in [1.165, 1.54) is 18.2 Å². The van der Waals surface area contributed by atoms with Crippen molar-refractivity contribution in [1.29, 1.82) is 0 Å². The van der Waals surface area contributed by atoms with Gasteiger partial charge >= 0.3 is 13.7 Å². The van der Waals surface area contributed by atoms with E-state index in [-0.39, 0.29) is 17.0 Å². The van der Waals surface area contributed by atoms with Crippen molar-refractivity contribution in [2.75, 3.05) is 6.61 Å². The van der Waals surface area contributed by atoms with E-state index in [9.17, 15) is 8.78 Å². The Balaban J connectivity index is 2.14. The van der Waals surface area contributed by atoms with Gasteiger partial charge in [0, 0.05) is 0 Å². The van der Waals surface area contributed by atoms with Crippen LogP contribution in [0.1, 0.15) is 12.8 Å². The van der Waals surface area contributed by atoms with Gasteiger partial charge < -0.3 is 19.5 Å². The van der Waals surface area contributed by atoms with E-state index in [1.807, 2.05) is 0 Å². The molecule has 1 fully saturated rings. The summed E-state index contributed by atoms with van der Waals surface area (Å²) in [6.07, 6.45) is 2.13. The van der Waals surface area contributed by atoms with Crippen molar-refractivity contribution < 1.29 is 28.3 Å². The maximum absolute atomic E-state index is 12.2. The minimum absolute atomic E-state index is 0.102. The van der Waals surface area contributed by atoms with Crippen molar-refractivity contribution in [3.8, 4) is 11.5 Å². The van der Waals surface area contributed by atoms with Gasteiger partial charge in [0.2, 0.25) is 0 Å². The largest absolute Gasteiger partial charge is 0.489 e. The zero-order valence-corrected chi connectivity index (χ0v) is 9.55. The van der Waals surface area contributed by atoms with Crippen LogP contribution in [0.25, 0.3) is 0 Å². The fourth-order valence-electron chi connectivity index (χ4n) is 1.48. The van der Waals surface area contributed by atoms with Crippen LogP contribution in [0.4, 0.5) is 8.78 Å². The van der Waals surface area contributed by atoms with Gasteiger partial charge in [0.1, 0.15) is 0 Å². The van der Waals surface area contributed by atoms with Crippen molar-refractivity contribution in [1.82, 2.24) is 0 Å². The number of alkyl halides is 2. The lowest BCUT2D eigenvalue weighted by Gasteiger charge is -2.13. The molecule has 2 N–H and O–H groups in total. The minimum Gasteiger partial charge on any atom is -0.489 e. The summed E-state index contributed by atoms with van der Waals surface area (Å²) < 4.78 is 34.1. The number of hydrogen-bond donors (Lipinski definition) is 2. The first-order valence-corrected chi connectivity index (χ1v) is 5.64. The molecule has 0 radical (unpaired) electrons. The topological polar surface area (TPSA) is 58.9 Å². The monoisotopic (exact) mass is 258 g/mol. The lowest BCUT2D eigenvalue weighted by atomic mass is 9.80. The van der Waals surface area contributed by atoms with Gasteiger partial charge in [0.15, 0.2) is 11.5 Å². The molecule has 0 unspecified atom stereocenters. The van der Waals surface area contributed by atoms with Crippen molar-refractivity contribution in [3.63, 3.8) is 0 Å². The Labute approximate surface area is 103 Å². The number of ether oxygens (including phenoxy) is 2. The molecule has 1 aromatic carbocycles. The highest BCUT2D eigenvalue weighted by Crippen LogP contribution is 2.32. The number of hydrogen-bond acceptors (Lipinski definition) is 4. The Morgan fingerprint density at radius 1 is 1.28 bits per heavy atom. The molecule has 1 aromatic rings. The molecule has 0 aromatic heterocycles. The smallest absolute Gasteiger partial charge is 0.488 e. The summed E-state index contributed by atoms with van der Waals surface area (Å²) in [4.78, 5) is 0. The van der Waals surface area contributed by atoms with Crippen LogP contribution < -0.4 is 14.9 Å². The molecule has 0 saturated heterocycles. The molecule has 0 heterocycles. The second-order valence-electron chi connectivity index (χ2n) is 4.21. The lowest BCUT2D eigenvalue weighted by Crippen LogP contribution is -2.29. The van der Waals surface area contributed by atoms with Crippen molar-refractivity contribution in [3.05, 3.63) is 18.2 Å². The Morgan fingerprint density at radius 3 is 2.56 bits per heavy atom. The molecule has 1 aliphatic carbocycles. The van der Waals surface area contributed by atoms with Crippen molar-refractivity contribution in [2.45, 2.75) is 19.5 Å². The Bertz CT molecular complexity index is 410. The number of rotatable bonds is 6. The first-order valence-electron chi connectivity index (χ1n) is 5.64. The molecular formula is C11H13BF2O4. The van der Waals surface area contributed by atoms with Gasteiger partial charge in [-0.3, -0.25) is 0 Å². The van der Waals surface area contributed by atoms with Gasteiger partial charge in [0.25, 0.3) is 0 Å². The zero-order chi connectivity index (χ0) is 13.1. The summed E-state index contributed by atoms with van der Waals surface area (Å²) in [6, 6.07) is 3.83. The van der Waals surface area contributed by atoms with E-state index < -0.39 is 13.7 Å². The predicted octanol–water partition coefficient (Wildman–Crippen LogP) is 0.757. The first-order chi connectivity index (χ1) is 8.56. The van der Waals surface area contributed by atoms with Gasteiger partial charge in [-0.05, 0) is 36.4 Å². The standard InChI is InChI=1S/C11H13BF2O4/c13-11(14)18-9-4-3-8(12(15)16)5-10(9)17-6-7-1-2-7/h3-5,7,11,15-16H,1-2,6H2. The second kappa shape index (κ2) is 5.54. The van der Waals surface area contributed by atoms with Crippen LogP contribution in [0.15, 0.2) is 18.2 Å². The fourth-order valence-corrected chi connectivity index (χ4v) is 1.48. The van der Waals surface area contributed by atoms with Crippen LogP contribution in [0.2, 0.25) is 0 Å². The molecule has 0 amide bonds. The molecule has 0 aliphatic heterocycles. The highest BCUT2D eigenvalue weighted by atomic mass is 19.3. The molecule has 0 spiro atoms. The second-order valence-corrected chi connectivity index (χ2v) is 4.21. The van der Waals surface area contributed by atoms with Crippen LogP contribution in [-0.4, -0.2) is 30.4 Å². The molecule has 4 nitrogen and oxygen atoms in total. The molecular weight excluding hydrogens is 245 g/mol. The average Bonchev–Trinajstić information content (AvgIpc) is 3.10. The van der Waals surface area contributed by atoms with E-state index in [4.69, 9.17) is 14.8 Å². The SMILES string of the molecule is OB(O)c1ccc(OC(F)F)c(OCC2CC2)c1. The van der Waals surface area contributed by atoms with Crippen LogP contribution in [0, 0.1) is 5.92 Å².